The van der Waals surface area contributed by atoms with Crippen LogP contribution in [-0.2, 0) is 6.18 Å². The van der Waals surface area contributed by atoms with Crippen LogP contribution < -0.4 is 5.32 Å². The number of likely N-dealkylation sites (tertiary alicyclic amines) is 1. The summed E-state index contributed by atoms with van der Waals surface area (Å²) in [5.41, 5.74) is 0.139. The fourth-order valence-electron chi connectivity index (χ4n) is 3.38. The normalized spacial score (nSPS) is 15.2. The Bertz CT molecular complexity index is 1040. The Balaban J connectivity index is 1.32. The van der Waals surface area contributed by atoms with E-state index in [1.165, 1.54) is 24.3 Å². The number of anilines is 1. The summed E-state index contributed by atoms with van der Waals surface area (Å²) in [5, 5.41) is 10.7. The van der Waals surface area contributed by atoms with E-state index in [1.54, 1.807) is 17.0 Å². The summed E-state index contributed by atoms with van der Waals surface area (Å²) < 4.78 is 56.7. The zero-order valence-corrected chi connectivity index (χ0v) is 16.2. The molecule has 2 heterocycles. The summed E-state index contributed by atoms with van der Waals surface area (Å²) in [6, 6.07) is 9.66. The molecule has 4 rings (SSSR count). The lowest BCUT2D eigenvalue weighted by Gasteiger charge is -2.30. The minimum Gasteiger partial charge on any atom is -0.420 e. The van der Waals surface area contributed by atoms with E-state index in [0.29, 0.717) is 49.0 Å². The number of halogens is 4. The van der Waals surface area contributed by atoms with E-state index in [0.717, 1.165) is 12.1 Å². The number of hydrogen-bond donors (Lipinski definition) is 1. The minimum atomic E-state index is -4.42. The number of amides is 2. The molecule has 0 bridgehead atoms. The molecule has 2 amide bonds. The first-order chi connectivity index (χ1) is 14.8. The van der Waals surface area contributed by atoms with Gasteiger partial charge in [0.25, 0.3) is 0 Å². The Morgan fingerprint density at radius 1 is 1.00 bits per heavy atom. The summed E-state index contributed by atoms with van der Waals surface area (Å²) in [4.78, 5) is 14.0. The van der Waals surface area contributed by atoms with Crippen molar-refractivity contribution in [3.8, 4) is 11.5 Å². The van der Waals surface area contributed by atoms with Gasteiger partial charge < -0.3 is 14.6 Å². The average molecular weight is 434 g/mol. The smallest absolute Gasteiger partial charge is 0.416 e. The molecule has 1 aliphatic rings. The number of benzene rings is 2. The highest BCUT2D eigenvalue weighted by molar-refractivity contribution is 5.89. The first-order valence-electron chi connectivity index (χ1n) is 9.62. The van der Waals surface area contributed by atoms with E-state index < -0.39 is 11.7 Å². The molecule has 162 valence electrons. The molecular formula is C21H18F4N4O2. The van der Waals surface area contributed by atoms with Crippen molar-refractivity contribution in [2.75, 3.05) is 18.4 Å². The number of carbonyl (C=O) groups excluding carboxylic acids is 1. The predicted octanol–water partition coefficient (Wildman–Crippen LogP) is 5.31. The second kappa shape index (κ2) is 8.37. The quantitative estimate of drug-likeness (QED) is 0.568. The molecule has 1 N–H and O–H groups in total. The molecule has 0 spiro atoms. The van der Waals surface area contributed by atoms with Crippen molar-refractivity contribution in [2.45, 2.75) is 24.9 Å². The molecule has 0 unspecified atom stereocenters. The lowest BCUT2D eigenvalue weighted by Crippen LogP contribution is -2.40. The first kappa shape index (κ1) is 20.8. The standard InChI is InChI=1S/C21H18F4N4O2/c22-16-5-1-13(2-6-16)18-27-28-19(31-18)14-9-11-29(12-10-14)20(30)26-17-7-3-15(4-8-17)21(23,24)25/h1-8,14H,9-12H2,(H,26,30). The van der Waals surface area contributed by atoms with Crippen molar-refractivity contribution in [1.29, 1.82) is 0 Å². The van der Waals surface area contributed by atoms with Crippen LogP contribution in [0.4, 0.5) is 28.0 Å². The molecule has 6 nitrogen and oxygen atoms in total. The summed E-state index contributed by atoms with van der Waals surface area (Å²) in [7, 11) is 0. The molecule has 1 aliphatic heterocycles. The number of nitrogens with one attached hydrogen (secondary N) is 1. The maximum atomic E-state index is 13.1. The average Bonchev–Trinajstić information content (AvgIpc) is 3.24. The molecule has 0 radical (unpaired) electrons. The van der Waals surface area contributed by atoms with Gasteiger partial charge in [0.2, 0.25) is 11.8 Å². The van der Waals surface area contributed by atoms with E-state index in [1.807, 2.05) is 0 Å². The number of nitrogens with zero attached hydrogens (tertiary/aromatic N) is 3. The zero-order chi connectivity index (χ0) is 22.0. The molecule has 2 aromatic carbocycles. The number of rotatable bonds is 3. The van der Waals surface area contributed by atoms with Gasteiger partial charge in [-0.25, -0.2) is 9.18 Å². The molecular weight excluding hydrogens is 416 g/mol. The number of alkyl halides is 3. The van der Waals surface area contributed by atoms with Gasteiger partial charge in [-0.15, -0.1) is 10.2 Å². The third-order valence-electron chi connectivity index (χ3n) is 5.13. The van der Waals surface area contributed by atoms with E-state index >= 15 is 0 Å². The van der Waals surface area contributed by atoms with E-state index in [4.69, 9.17) is 4.42 Å². The minimum absolute atomic E-state index is 0.0168. The van der Waals surface area contributed by atoms with Crippen molar-refractivity contribution in [3.63, 3.8) is 0 Å². The molecule has 0 aliphatic carbocycles. The van der Waals surface area contributed by atoms with Crippen LogP contribution in [0.25, 0.3) is 11.5 Å². The summed E-state index contributed by atoms with van der Waals surface area (Å²) in [6.45, 7) is 0.872. The molecule has 0 atom stereocenters. The SMILES string of the molecule is O=C(Nc1ccc(C(F)(F)F)cc1)N1CCC(c2nnc(-c3ccc(F)cc3)o2)CC1. The number of aromatic nitrogens is 2. The first-order valence-corrected chi connectivity index (χ1v) is 9.62. The van der Waals surface area contributed by atoms with Gasteiger partial charge in [0.1, 0.15) is 5.82 Å². The molecule has 31 heavy (non-hydrogen) atoms. The van der Waals surface area contributed by atoms with Crippen molar-refractivity contribution in [2.24, 2.45) is 0 Å². The largest absolute Gasteiger partial charge is 0.420 e. The molecule has 3 aromatic rings. The van der Waals surface area contributed by atoms with Gasteiger partial charge in [-0.2, -0.15) is 13.2 Å². The summed E-state index contributed by atoms with van der Waals surface area (Å²) >= 11 is 0. The van der Waals surface area contributed by atoms with Crippen LogP contribution in [0.15, 0.2) is 52.9 Å². The number of carbonyl (C=O) groups is 1. The summed E-state index contributed by atoms with van der Waals surface area (Å²) in [6.07, 6.45) is -3.22. The van der Waals surface area contributed by atoms with Crippen LogP contribution in [0.3, 0.4) is 0 Å². The van der Waals surface area contributed by atoms with Crippen molar-refractivity contribution in [3.05, 3.63) is 65.8 Å². The Morgan fingerprint density at radius 2 is 1.65 bits per heavy atom. The van der Waals surface area contributed by atoms with Crippen molar-refractivity contribution < 1.29 is 26.8 Å². The second-order valence-corrected chi connectivity index (χ2v) is 7.22. The van der Waals surface area contributed by atoms with Crippen LogP contribution in [0.5, 0.6) is 0 Å². The lowest BCUT2D eigenvalue weighted by molar-refractivity contribution is -0.137. The zero-order valence-electron chi connectivity index (χ0n) is 16.2. The highest BCUT2D eigenvalue weighted by Crippen LogP contribution is 2.31. The molecule has 10 heteroatoms. The van der Waals surface area contributed by atoms with Gasteiger partial charge in [-0.3, -0.25) is 0 Å². The highest BCUT2D eigenvalue weighted by atomic mass is 19.4. The number of piperidine rings is 1. The monoisotopic (exact) mass is 434 g/mol. The maximum absolute atomic E-state index is 13.1. The van der Waals surface area contributed by atoms with Crippen LogP contribution in [0.1, 0.15) is 30.2 Å². The Kier molecular flexibility index (Phi) is 5.62. The third kappa shape index (κ3) is 4.84. The molecule has 1 saturated heterocycles. The summed E-state index contributed by atoms with van der Waals surface area (Å²) in [5.74, 6) is 0.391. The van der Waals surface area contributed by atoms with E-state index in [9.17, 15) is 22.4 Å². The fourth-order valence-corrected chi connectivity index (χ4v) is 3.38. The topological polar surface area (TPSA) is 71.3 Å². The van der Waals surface area contributed by atoms with Crippen molar-refractivity contribution >= 4 is 11.7 Å². The lowest BCUT2D eigenvalue weighted by atomic mass is 9.97. The van der Waals surface area contributed by atoms with Gasteiger partial charge in [0, 0.05) is 30.3 Å². The third-order valence-corrected chi connectivity index (χ3v) is 5.13. The fraction of sp³-hybridized carbons (Fsp3) is 0.286. The second-order valence-electron chi connectivity index (χ2n) is 7.22. The van der Waals surface area contributed by atoms with Crippen LogP contribution >= 0.6 is 0 Å². The van der Waals surface area contributed by atoms with Crippen LogP contribution in [0.2, 0.25) is 0 Å². The van der Waals surface area contributed by atoms with Gasteiger partial charge in [0.05, 0.1) is 5.56 Å². The van der Waals surface area contributed by atoms with Crippen LogP contribution in [-0.4, -0.2) is 34.2 Å². The molecule has 0 saturated carbocycles. The Hall–Kier alpha value is -3.43. The number of urea groups is 1. The highest BCUT2D eigenvalue weighted by Gasteiger charge is 2.30. The molecule has 1 fully saturated rings. The Labute approximate surface area is 174 Å². The van der Waals surface area contributed by atoms with Gasteiger partial charge in [0.15, 0.2) is 0 Å². The Morgan fingerprint density at radius 3 is 2.26 bits per heavy atom. The van der Waals surface area contributed by atoms with Crippen LogP contribution in [0, 0.1) is 5.82 Å². The van der Waals surface area contributed by atoms with Gasteiger partial charge in [-0.05, 0) is 61.4 Å². The van der Waals surface area contributed by atoms with E-state index in [-0.39, 0.29) is 17.8 Å². The van der Waals surface area contributed by atoms with Crippen molar-refractivity contribution in [1.82, 2.24) is 15.1 Å². The maximum Gasteiger partial charge on any atom is 0.416 e. The van der Waals surface area contributed by atoms with E-state index in [2.05, 4.69) is 15.5 Å². The van der Waals surface area contributed by atoms with Gasteiger partial charge in [-0.1, -0.05) is 0 Å². The molecule has 1 aromatic heterocycles. The number of hydrogen-bond acceptors (Lipinski definition) is 4. The van der Waals surface area contributed by atoms with Gasteiger partial charge >= 0.3 is 12.2 Å². The predicted molar refractivity (Wildman–Crippen MR) is 104 cm³/mol.